The van der Waals surface area contributed by atoms with E-state index in [1.165, 1.54) is 5.57 Å². The van der Waals surface area contributed by atoms with Gasteiger partial charge in [-0.15, -0.1) is 0 Å². The Morgan fingerprint density at radius 2 is 2.00 bits per heavy atom. The molecule has 0 aromatic carbocycles. The van der Waals surface area contributed by atoms with E-state index in [1.54, 1.807) is 0 Å². The average molecular weight is 211 g/mol. The van der Waals surface area contributed by atoms with Gasteiger partial charge < -0.3 is 5.11 Å². The van der Waals surface area contributed by atoms with Crippen molar-refractivity contribution in [2.45, 2.75) is 33.1 Å². The van der Waals surface area contributed by atoms with Gasteiger partial charge in [-0.1, -0.05) is 19.1 Å². The Morgan fingerprint density at radius 3 is 2.40 bits per heavy atom. The number of hydrogen-bond acceptors (Lipinski definition) is 2. The van der Waals surface area contributed by atoms with E-state index in [1.807, 2.05) is 6.92 Å². The summed E-state index contributed by atoms with van der Waals surface area (Å²) < 4.78 is 0. The highest BCUT2D eigenvalue weighted by Gasteiger charge is 2.36. The van der Waals surface area contributed by atoms with E-state index in [-0.39, 0.29) is 0 Å². The van der Waals surface area contributed by atoms with Crippen molar-refractivity contribution >= 4 is 5.97 Å². The van der Waals surface area contributed by atoms with Crippen LogP contribution in [0.1, 0.15) is 33.1 Å². The maximum absolute atomic E-state index is 11.0. The monoisotopic (exact) mass is 211 g/mol. The summed E-state index contributed by atoms with van der Waals surface area (Å²) in [6.45, 7) is 10.6. The average Bonchev–Trinajstić information content (AvgIpc) is 2.21. The lowest BCUT2D eigenvalue weighted by Crippen LogP contribution is -2.43. The van der Waals surface area contributed by atoms with Gasteiger partial charge in [0.2, 0.25) is 0 Å². The smallest absolute Gasteiger partial charge is 0.309 e. The molecule has 0 spiro atoms. The van der Waals surface area contributed by atoms with Crippen LogP contribution in [0.3, 0.4) is 0 Å². The first kappa shape index (κ1) is 12.2. The Labute approximate surface area is 91.8 Å². The molecule has 0 aromatic heterocycles. The molecule has 3 nitrogen and oxygen atoms in total. The molecule has 86 valence electrons. The van der Waals surface area contributed by atoms with Crippen LogP contribution in [0.2, 0.25) is 0 Å². The molecule has 1 fully saturated rings. The molecule has 0 saturated carbocycles. The maximum atomic E-state index is 11.0. The molecule has 15 heavy (non-hydrogen) atoms. The number of carbonyl (C=O) groups is 1. The SMILES string of the molecule is C=C(CC)CN1CCC(C)(C(=O)O)CC1. The van der Waals surface area contributed by atoms with E-state index in [4.69, 9.17) is 5.11 Å². The predicted molar refractivity (Wildman–Crippen MR) is 60.8 cm³/mol. The highest BCUT2D eigenvalue weighted by molar-refractivity contribution is 5.74. The first-order chi connectivity index (χ1) is 6.98. The summed E-state index contributed by atoms with van der Waals surface area (Å²) in [7, 11) is 0. The molecule has 1 N–H and O–H groups in total. The zero-order valence-corrected chi connectivity index (χ0v) is 9.75. The molecule has 0 aliphatic carbocycles. The molecule has 0 atom stereocenters. The van der Waals surface area contributed by atoms with Gasteiger partial charge >= 0.3 is 5.97 Å². The normalized spacial score (nSPS) is 21.2. The number of carboxylic acids is 1. The van der Waals surface area contributed by atoms with Crippen LogP contribution in [-0.2, 0) is 4.79 Å². The second-order valence-electron chi connectivity index (χ2n) is 4.75. The Kier molecular flexibility index (Phi) is 3.91. The molecule has 1 aliphatic rings. The van der Waals surface area contributed by atoms with Gasteiger partial charge in [-0.05, 0) is 39.3 Å². The largest absolute Gasteiger partial charge is 0.481 e. The molecule has 0 amide bonds. The molecule has 1 aliphatic heterocycles. The minimum absolute atomic E-state index is 0.510. The molecule has 0 unspecified atom stereocenters. The Bertz CT molecular complexity index is 252. The van der Waals surface area contributed by atoms with E-state index in [2.05, 4.69) is 18.4 Å². The van der Waals surface area contributed by atoms with Gasteiger partial charge in [0, 0.05) is 6.54 Å². The molecular weight excluding hydrogens is 190 g/mol. The van der Waals surface area contributed by atoms with Gasteiger partial charge in [-0.3, -0.25) is 9.69 Å². The van der Waals surface area contributed by atoms with Gasteiger partial charge in [0.1, 0.15) is 0 Å². The molecule has 0 radical (unpaired) electrons. The van der Waals surface area contributed by atoms with Crippen molar-refractivity contribution in [1.29, 1.82) is 0 Å². The summed E-state index contributed by atoms with van der Waals surface area (Å²) in [4.78, 5) is 13.3. The quantitative estimate of drug-likeness (QED) is 0.724. The van der Waals surface area contributed by atoms with Crippen LogP contribution in [0.5, 0.6) is 0 Å². The maximum Gasteiger partial charge on any atom is 0.309 e. The molecule has 0 bridgehead atoms. The number of nitrogens with zero attached hydrogens (tertiary/aromatic N) is 1. The van der Waals surface area contributed by atoms with E-state index in [9.17, 15) is 4.79 Å². The van der Waals surface area contributed by atoms with Gasteiger partial charge in [-0.2, -0.15) is 0 Å². The predicted octanol–water partition coefficient (Wildman–Crippen LogP) is 2.14. The Balaban J connectivity index is 2.42. The number of piperidine rings is 1. The van der Waals surface area contributed by atoms with Crippen LogP contribution in [0, 0.1) is 5.41 Å². The first-order valence-electron chi connectivity index (χ1n) is 5.60. The number of carboxylic acid groups (broad SMARTS) is 1. The van der Waals surface area contributed by atoms with Crippen molar-refractivity contribution in [3.8, 4) is 0 Å². The second kappa shape index (κ2) is 4.79. The van der Waals surface area contributed by atoms with E-state index >= 15 is 0 Å². The zero-order chi connectivity index (χ0) is 11.5. The van der Waals surface area contributed by atoms with E-state index < -0.39 is 11.4 Å². The lowest BCUT2D eigenvalue weighted by molar-refractivity contribution is -0.150. The van der Waals surface area contributed by atoms with Gasteiger partial charge in [0.25, 0.3) is 0 Å². The van der Waals surface area contributed by atoms with E-state index in [0.29, 0.717) is 0 Å². The fourth-order valence-corrected chi connectivity index (χ4v) is 1.85. The first-order valence-corrected chi connectivity index (χ1v) is 5.60. The third kappa shape index (κ3) is 3.06. The molecule has 3 heteroatoms. The summed E-state index contributed by atoms with van der Waals surface area (Å²) in [6.07, 6.45) is 2.51. The van der Waals surface area contributed by atoms with Gasteiger partial charge in [0.15, 0.2) is 0 Å². The molecule has 0 aromatic rings. The third-order valence-corrected chi connectivity index (χ3v) is 3.42. The highest BCUT2D eigenvalue weighted by atomic mass is 16.4. The minimum Gasteiger partial charge on any atom is -0.481 e. The van der Waals surface area contributed by atoms with Gasteiger partial charge in [0.05, 0.1) is 5.41 Å². The molecule has 1 saturated heterocycles. The summed E-state index contributed by atoms with van der Waals surface area (Å²) in [5, 5.41) is 9.08. The Morgan fingerprint density at radius 1 is 1.47 bits per heavy atom. The number of hydrogen-bond donors (Lipinski definition) is 1. The number of rotatable bonds is 4. The van der Waals surface area contributed by atoms with Crippen molar-refractivity contribution in [1.82, 2.24) is 4.90 Å². The second-order valence-corrected chi connectivity index (χ2v) is 4.75. The van der Waals surface area contributed by atoms with Crippen LogP contribution in [0.4, 0.5) is 0 Å². The fourth-order valence-electron chi connectivity index (χ4n) is 1.85. The lowest BCUT2D eigenvalue weighted by atomic mass is 9.80. The van der Waals surface area contributed by atoms with Crippen molar-refractivity contribution in [3.05, 3.63) is 12.2 Å². The van der Waals surface area contributed by atoms with E-state index in [0.717, 1.165) is 38.9 Å². The Hall–Kier alpha value is -0.830. The summed E-state index contributed by atoms with van der Waals surface area (Å²) in [5.74, 6) is -0.656. The van der Waals surface area contributed by atoms with Crippen molar-refractivity contribution in [3.63, 3.8) is 0 Å². The molecule has 1 rings (SSSR count). The van der Waals surface area contributed by atoms with Crippen LogP contribution >= 0.6 is 0 Å². The fraction of sp³-hybridized carbons (Fsp3) is 0.750. The van der Waals surface area contributed by atoms with Crippen molar-refractivity contribution in [2.24, 2.45) is 5.41 Å². The van der Waals surface area contributed by atoms with Gasteiger partial charge in [-0.25, -0.2) is 0 Å². The topological polar surface area (TPSA) is 40.5 Å². The van der Waals surface area contributed by atoms with Crippen LogP contribution in [0.25, 0.3) is 0 Å². The summed E-state index contributed by atoms with van der Waals surface area (Å²) in [5.41, 5.74) is 0.721. The van der Waals surface area contributed by atoms with Crippen molar-refractivity contribution in [2.75, 3.05) is 19.6 Å². The zero-order valence-electron chi connectivity index (χ0n) is 9.75. The van der Waals surface area contributed by atoms with Crippen LogP contribution in [0.15, 0.2) is 12.2 Å². The van der Waals surface area contributed by atoms with Crippen molar-refractivity contribution < 1.29 is 9.90 Å². The number of likely N-dealkylation sites (tertiary alicyclic amines) is 1. The lowest BCUT2D eigenvalue weighted by Gasteiger charge is -2.36. The minimum atomic E-state index is -0.656. The number of aliphatic carboxylic acids is 1. The highest BCUT2D eigenvalue weighted by Crippen LogP contribution is 2.31. The standard InChI is InChI=1S/C12H21NO2/c1-4-10(2)9-13-7-5-12(3,6-8-13)11(14)15/h2,4-9H2,1,3H3,(H,14,15). The van der Waals surface area contributed by atoms with Crippen LogP contribution < -0.4 is 0 Å². The summed E-state index contributed by atoms with van der Waals surface area (Å²) >= 11 is 0. The molecular formula is C12H21NO2. The van der Waals surface area contributed by atoms with Crippen LogP contribution in [-0.4, -0.2) is 35.6 Å². The molecule has 1 heterocycles. The third-order valence-electron chi connectivity index (χ3n) is 3.42. The summed E-state index contributed by atoms with van der Waals surface area (Å²) in [6, 6.07) is 0.